The molecule has 0 saturated heterocycles. The first-order chi connectivity index (χ1) is 7.47. The van der Waals surface area contributed by atoms with E-state index in [0.717, 1.165) is 12.1 Å². The van der Waals surface area contributed by atoms with Gasteiger partial charge in [0, 0.05) is 0 Å². The second kappa shape index (κ2) is 5.14. The van der Waals surface area contributed by atoms with E-state index < -0.39 is 23.6 Å². The van der Waals surface area contributed by atoms with Crippen molar-refractivity contribution in [2.75, 3.05) is 6.61 Å². The SMILES string of the molecule is CCOC(=O)C(O)c1cc(F)c(O)c(Cl)c1. The number of ether oxygens (including phenoxy) is 1. The van der Waals surface area contributed by atoms with Crippen LogP contribution in [0.25, 0.3) is 0 Å². The van der Waals surface area contributed by atoms with E-state index in [0.29, 0.717) is 0 Å². The van der Waals surface area contributed by atoms with Gasteiger partial charge in [-0.25, -0.2) is 9.18 Å². The third kappa shape index (κ3) is 2.62. The molecule has 0 heterocycles. The Hall–Kier alpha value is -1.33. The van der Waals surface area contributed by atoms with Crippen LogP contribution in [0.2, 0.25) is 5.02 Å². The normalized spacial score (nSPS) is 12.2. The third-order valence-electron chi connectivity index (χ3n) is 1.86. The summed E-state index contributed by atoms with van der Waals surface area (Å²) in [6, 6.07) is 1.92. The summed E-state index contributed by atoms with van der Waals surface area (Å²) in [4.78, 5) is 11.2. The molecule has 0 aliphatic heterocycles. The Labute approximate surface area is 96.2 Å². The second-order valence-corrected chi connectivity index (χ2v) is 3.39. The summed E-state index contributed by atoms with van der Waals surface area (Å²) >= 11 is 5.49. The Morgan fingerprint density at radius 2 is 2.25 bits per heavy atom. The number of rotatable bonds is 3. The zero-order chi connectivity index (χ0) is 12.3. The van der Waals surface area contributed by atoms with Gasteiger partial charge in [-0.2, -0.15) is 0 Å². The number of phenols is 1. The Bertz CT molecular complexity index is 385. The number of hydrogen-bond donors (Lipinski definition) is 2. The summed E-state index contributed by atoms with van der Waals surface area (Å²) in [5.41, 5.74) is -0.0706. The fraction of sp³-hybridized carbons (Fsp3) is 0.300. The van der Waals surface area contributed by atoms with Crippen molar-refractivity contribution in [3.8, 4) is 5.75 Å². The van der Waals surface area contributed by atoms with Gasteiger partial charge < -0.3 is 14.9 Å². The van der Waals surface area contributed by atoms with Crippen molar-refractivity contribution in [1.82, 2.24) is 0 Å². The summed E-state index contributed by atoms with van der Waals surface area (Å²) in [6.07, 6.45) is -1.62. The molecular formula is C10H10ClFO4. The summed E-state index contributed by atoms with van der Waals surface area (Å²) in [5, 5.41) is 18.2. The van der Waals surface area contributed by atoms with Gasteiger partial charge in [0.2, 0.25) is 0 Å². The van der Waals surface area contributed by atoms with Crippen molar-refractivity contribution < 1.29 is 24.1 Å². The molecule has 88 valence electrons. The minimum Gasteiger partial charge on any atom is -0.504 e. The van der Waals surface area contributed by atoms with Gasteiger partial charge >= 0.3 is 5.97 Å². The average molecular weight is 249 g/mol. The lowest BCUT2D eigenvalue weighted by atomic mass is 10.1. The third-order valence-corrected chi connectivity index (χ3v) is 2.15. The summed E-state index contributed by atoms with van der Waals surface area (Å²) in [7, 11) is 0. The molecule has 16 heavy (non-hydrogen) atoms. The molecule has 6 heteroatoms. The maximum absolute atomic E-state index is 13.1. The number of phenolic OH excluding ortho intramolecular Hbond substituents is 1. The van der Waals surface area contributed by atoms with Gasteiger partial charge in [-0.3, -0.25) is 0 Å². The molecule has 0 bridgehead atoms. The van der Waals surface area contributed by atoms with Crippen molar-refractivity contribution in [2.24, 2.45) is 0 Å². The molecule has 0 spiro atoms. The van der Waals surface area contributed by atoms with E-state index in [1.807, 2.05) is 0 Å². The molecule has 4 nitrogen and oxygen atoms in total. The number of aliphatic hydroxyl groups is 1. The highest BCUT2D eigenvalue weighted by Gasteiger charge is 2.21. The number of benzene rings is 1. The Kier molecular flexibility index (Phi) is 4.09. The quantitative estimate of drug-likeness (QED) is 0.801. The van der Waals surface area contributed by atoms with E-state index in [1.54, 1.807) is 6.92 Å². The van der Waals surface area contributed by atoms with Gasteiger partial charge in [0.15, 0.2) is 17.7 Å². The first kappa shape index (κ1) is 12.7. The van der Waals surface area contributed by atoms with Crippen molar-refractivity contribution in [3.63, 3.8) is 0 Å². The Balaban J connectivity index is 3.01. The molecule has 1 rings (SSSR count). The maximum atomic E-state index is 13.1. The highest BCUT2D eigenvalue weighted by molar-refractivity contribution is 6.32. The fourth-order valence-electron chi connectivity index (χ4n) is 1.10. The molecule has 0 radical (unpaired) electrons. The number of aromatic hydroxyl groups is 1. The largest absolute Gasteiger partial charge is 0.504 e. The maximum Gasteiger partial charge on any atom is 0.339 e. The molecule has 1 aromatic rings. The minimum absolute atomic E-state index is 0.0706. The van der Waals surface area contributed by atoms with Crippen molar-refractivity contribution in [1.29, 1.82) is 0 Å². The van der Waals surface area contributed by atoms with E-state index in [4.69, 9.17) is 16.7 Å². The molecule has 1 unspecified atom stereocenters. The van der Waals surface area contributed by atoms with Crippen LogP contribution in [-0.4, -0.2) is 22.8 Å². The molecule has 0 fully saturated rings. The Morgan fingerprint density at radius 3 is 2.75 bits per heavy atom. The first-order valence-electron chi connectivity index (χ1n) is 4.50. The van der Waals surface area contributed by atoms with Crippen molar-refractivity contribution in [3.05, 3.63) is 28.5 Å². The van der Waals surface area contributed by atoms with Crippen LogP contribution in [0.5, 0.6) is 5.75 Å². The summed E-state index contributed by atoms with van der Waals surface area (Å²) in [6.45, 7) is 1.68. The predicted octanol–water partition coefficient (Wildman–Crippen LogP) is 1.78. The standard InChI is InChI=1S/C10H10ClFO4/c1-2-16-10(15)8(13)5-3-6(11)9(14)7(12)4-5/h3-4,8,13-14H,2H2,1H3. The topological polar surface area (TPSA) is 66.8 Å². The highest BCUT2D eigenvalue weighted by atomic mass is 35.5. The minimum atomic E-state index is -1.62. The molecule has 0 aromatic heterocycles. The number of esters is 1. The molecular weight excluding hydrogens is 239 g/mol. The number of hydrogen-bond acceptors (Lipinski definition) is 4. The predicted molar refractivity (Wildman–Crippen MR) is 54.7 cm³/mol. The van der Waals surface area contributed by atoms with Gasteiger partial charge in [0.1, 0.15) is 0 Å². The number of halogens is 2. The van der Waals surface area contributed by atoms with E-state index in [-0.39, 0.29) is 17.2 Å². The zero-order valence-electron chi connectivity index (χ0n) is 8.41. The second-order valence-electron chi connectivity index (χ2n) is 2.99. The number of carbonyl (C=O) groups excluding carboxylic acids is 1. The monoisotopic (exact) mass is 248 g/mol. The van der Waals surface area contributed by atoms with Crippen LogP contribution < -0.4 is 0 Å². The number of carbonyl (C=O) groups is 1. The van der Waals surface area contributed by atoms with Crippen molar-refractivity contribution in [2.45, 2.75) is 13.0 Å². The van der Waals surface area contributed by atoms with Crippen molar-refractivity contribution >= 4 is 17.6 Å². The van der Waals surface area contributed by atoms with Gasteiger partial charge in [0.25, 0.3) is 0 Å². The van der Waals surface area contributed by atoms with Crippen LogP contribution in [0, 0.1) is 5.82 Å². The average Bonchev–Trinajstić information content (AvgIpc) is 2.24. The molecule has 1 aromatic carbocycles. The first-order valence-corrected chi connectivity index (χ1v) is 4.87. The highest BCUT2D eigenvalue weighted by Crippen LogP contribution is 2.30. The van der Waals surface area contributed by atoms with E-state index in [9.17, 15) is 14.3 Å². The van der Waals surface area contributed by atoms with Crippen LogP contribution in [-0.2, 0) is 9.53 Å². The molecule has 0 saturated carbocycles. The molecule has 0 aliphatic carbocycles. The molecule has 1 atom stereocenters. The smallest absolute Gasteiger partial charge is 0.339 e. The molecule has 0 amide bonds. The summed E-state index contributed by atoms with van der Waals surface area (Å²) < 4.78 is 17.6. The van der Waals surface area contributed by atoms with E-state index >= 15 is 0 Å². The van der Waals surface area contributed by atoms with Crippen LogP contribution >= 0.6 is 11.6 Å². The molecule has 2 N–H and O–H groups in total. The van der Waals surface area contributed by atoms with Gasteiger partial charge in [-0.05, 0) is 24.6 Å². The Morgan fingerprint density at radius 1 is 1.62 bits per heavy atom. The number of aliphatic hydroxyl groups excluding tert-OH is 1. The molecule has 0 aliphatic rings. The fourth-order valence-corrected chi connectivity index (χ4v) is 1.32. The lowest BCUT2D eigenvalue weighted by Crippen LogP contribution is -2.15. The van der Waals surface area contributed by atoms with Crippen LogP contribution in [0.1, 0.15) is 18.6 Å². The lowest BCUT2D eigenvalue weighted by Gasteiger charge is -2.11. The van der Waals surface area contributed by atoms with E-state index in [1.165, 1.54) is 0 Å². The van der Waals surface area contributed by atoms with Crippen LogP contribution in [0.3, 0.4) is 0 Å². The zero-order valence-corrected chi connectivity index (χ0v) is 9.16. The van der Waals surface area contributed by atoms with E-state index in [2.05, 4.69) is 4.74 Å². The lowest BCUT2D eigenvalue weighted by molar-refractivity contribution is -0.153. The van der Waals surface area contributed by atoms with Gasteiger partial charge in [0.05, 0.1) is 11.6 Å². The van der Waals surface area contributed by atoms with Crippen LogP contribution in [0.15, 0.2) is 12.1 Å². The van der Waals surface area contributed by atoms with Gasteiger partial charge in [-0.15, -0.1) is 0 Å². The summed E-state index contributed by atoms with van der Waals surface area (Å²) in [5.74, 6) is -2.63. The van der Waals surface area contributed by atoms with Gasteiger partial charge in [-0.1, -0.05) is 11.6 Å². The van der Waals surface area contributed by atoms with Crippen LogP contribution in [0.4, 0.5) is 4.39 Å².